The van der Waals surface area contributed by atoms with Crippen molar-refractivity contribution in [2.45, 2.75) is 13.1 Å². The number of carbonyl (C=O) groups excluding carboxylic acids is 1. The van der Waals surface area contributed by atoms with Crippen LogP contribution in [0.2, 0.25) is 5.02 Å². The van der Waals surface area contributed by atoms with Gasteiger partial charge in [-0.3, -0.25) is 14.7 Å². The molecule has 0 saturated carbocycles. The second-order valence-corrected chi connectivity index (χ2v) is 5.41. The smallest absolute Gasteiger partial charge is 0.273 e. The summed E-state index contributed by atoms with van der Waals surface area (Å²) < 4.78 is 38.1. The third-order valence-corrected chi connectivity index (χ3v) is 3.58. The van der Waals surface area contributed by atoms with E-state index in [0.29, 0.717) is 10.6 Å². The molecule has 1 amide bonds. The normalized spacial score (nSPS) is 11.5. The van der Waals surface area contributed by atoms with E-state index in [1.54, 1.807) is 12.3 Å². The molecule has 0 N–H and O–H groups in total. The molecule has 2 heterocycles. The monoisotopic (exact) mass is 335 g/mol. The van der Waals surface area contributed by atoms with E-state index in [-0.39, 0.29) is 15.8 Å². The van der Waals surface area contributed by atoms with Gasteiger partial charge in [0.2, 0.25) is 0 Å². The number of hydrogen-bond donors (Lipinski definition) is 0. The third-order valence-electron chi connectivity index (χ3n) is 2.36. The lowest BCUT2D eigenvalue weighted by molar-refractivity contribution is -0.118. The van der Waals surface area contributed by atoms with Crippen molar-refractivity contribution in [2.24, 2.45) is 0 Å². The molecular weight excluding hydrogens is 327 g/mol. The summed E-state index contributed by atoms with van der Waals surface area (Å²) in [5.74, 6) is -0.899. The summed E-state index contributed by atoms with van der Waals surface area (Å²) in [6, 6.07) is 2.65. The van der Waals surface area contributed by atoms with Crippen LogP contribution < -0.4 is 4.90 Å². The van der Waals surface area contributed by atoms with Gasteiger partial charge in [-0.15, -0.1) is 11.3 Å². The molecule has 0 fully saturated rings. The zero-order chi connectivity index (χ0) is 15.6. The molecule has 0 bridgehead atoms. The summed E-state index contributed by atoms with van der Waals surface area (Å²) >= 11 is 6.69. The molecule has 2 aromatic heterocycles. The maximum Gasteiger partial charge on any atom is 0.406 e. The van der Waals surface area contributed by atoms with Crippen LogP contribution in [0.4, 0.5) is 18.3 Å². The number of nitrogens with zero attached hydrogens (tertiary/aromatic N) is 3. The molecule has 112 valence electrons. The van der Waals surface area contributed by atoms with E-state index in [4.69, 9.17) is 11.6 Å². The summed E-state index contributed by atoms with van der Waals surface area (Å²) in [5.41, 5.74) is 0.369. The Morgan fingerprint density at radius 3 is 2.71 bits per heavy atom. The van der Waals surface area contributed by atoms with Crippen LogP contribution in [-0.4, -0.2) is 28.6 Å². The lowest BCUT2D eigenvalue weighted by Gasteiger charge is -2.21. The molecule has 0 radical (unpaired) electrons. The van der Waals surface area contributed by atoms with Crippen molar-refractivity contribution in [1.82, 2.24) is 9.97 Å². The van der Waals surface area contributed by atoms with Gasteiger partial charge in [0, 0.05) is 16.6 Å². The summed E-state index contributed by atoms with van der Waals surface area (Å²) in [4.78, 5) is 20.5. The fraction of sp³-hybridized carbons (Fsp3) is 0.250. The summed E-state index contributed by atoms with van der Waals surface area (Å²) in [6.45, 7) is 0.195. The molecule has 21 heavy (non-hydrogen) atoms. The molecule has 0 aromatic carbocycles. The van der Waals surface area contributed by atoms with Gasteiger partial charge in [0.05, 0.1) is 5.69 Å². The first kappa shape index (κ1) is 15.7. The number of carbonyl (C=O) groups is 1. The van der Waals surface area contributed by atoms with Gasteiger partial charge in [-0.1, -0.05) is 11.6 Å². The van der Waals surface area contributed by atoms with Crippen LogP contribution in [0, 0.1) is 6.92 Å². The summed E-state index contributed by atoms with van der Waals surface area (Å²) in [6.07, 6.45) is -3.29. The summed E-state index contributed by atoms with van der Waals surface area (Å²) in [5, 5.41) is 1.75. The number of hydrogen-bond acceptors (Lipinski definition) is 4. The Labute approximate surface area is 127 Å². The van der Waals surface area contributed by atoms with E-state index in [0.717, 1.165) is 11.3 Å². The minimum Gasteiger partial charge on any atom is -0.273 e. The zero-order valence-electron chi connectivity index (χ0n) is 10.7. The number of anilines is 1. The molecule has 0 saturated heterocycles. The van der Waals surface area contributed by atoms with E-state index in [1.165, 1.54) is 18.3 Å². The molecule has 0 aliphatic carbocycles. The first-order chi connectivity index (χ1) is 9.76. The molecule has 0 aliphatic rings. The standard InChI is InChI=1S/C12H9ClF3N3OS/c1-7-5-21-11(18-7)19(6-12(14,15)16)10(20)9-4-8(13)2-3-17-9/h2-5H,6H2,1H3. The average Bonchev–Trinajstić information content (AvgIpc) is 2.80. The Balaban J connectivity index is 2.37. The predicted molar refractivity (Wildman–Crippen MR) is 73.8 cm³/mol. The number of pyridine rings is 1. The minimum absolute atomic E-state index is 0.0309. The van der Waals surface area contributed by atoms with Crippen molar-refractivity contribution in [3.8, 4) is 0 Å². The molecule has 2 aromatic rings. The van der Waals surface area contributed by atoms with Gasteiger partial charge in [0.1, 0.15) is 12.2 Å². The second-order valence-electron chi connectivity index (χ2n) is 4.14. The first-order valence-electron chi connectivity index (χ1n) is 5.68. The van der Waals surface area contributed by atoms with Crippen LogP contribution in [0.1, 0.15) is 16.2 Å². The molecular formula is C12H9ClF3N3OS. The fourth-order valence-corrected chi connectivity index (χ4v) is 2.49. The summed E-state index contributed by atoms with van der Waals surface area (Å²) in [7, 11) is 0. The van der Waals surface area contributed by atoms with Gasteiger partial charge in [0.25, 0.3) is 5.91 Å². The van der Waals surface area contributed by atoms with Crippen LogP contribution in [0.25, 0.3) is 0 Å². The molecule has 0 spiro atoms. The van der Waals surface area contributed by atoms with E-state index >= 15 is 0 Å². The highest BCUT2D eigenvalue weighted by Crippen LogP contribution is 2.26. The van der Waals surface area contributed by atoms with Crippen LogP contribution in [0.5, 0.6) is 0 Å². The second kappa shape index (κ2) is 5.98. The number of halogens is 4. The highest BCUT2D eigenvalue weighted by Gasteiger charge is 2.35. The van der Waals surface area contributed by atoms with E-state index in [9.17, 15) is 18.0 Å². The number of amides is 1. The Hall–Kier alpha value is -1.67. The molecule has 2 rings (SSSR count). The lowest BCUT2D eigenvalue weighted by Crippen LogP contribution is -2.39. The molecule has 0 aliphatic heterocycles. The number of alkyl halides is 3. The largest absolute Gasteiger partial charge is 0.406 e. The predicted octanol–water partition coefficient (Wildman–Crippen LogP) is 3.71. The topological polar surface area (TPSA) is 46.1 Å². The van der Waals surface area contributed by atoms with Crippen molar-refractivity contribution >= 4 is 34.0 Å². The van der Waals surface area contributed by atoms with Crippen LogP contribution in [0.3, 0.4) is 0 Å². The lowest BCUT2D eigenvalue weighted by atomic mass is 10.3. The highest BCUT2D eigenvalue weighted by molar-refractivity contribution is 7.14. The molecule has 4 nitrogen and oxygen atoms in total. The van der Waals surface area contributed by atoms with E-state index in [1.807, 2.05) is 0 Å². The van der Waals surface area contributed by atoms with Crippen molar-refractivity contribution in [3.63, 3.8) is 0 Å². The van der Waals surface area contributed by atoms with E-state index < -0.39 is 18.6 Å². The van der Waals surface area contributed by atoms with Gasteiger partial charge < -0.3 is 0 Å². The van der Waals surface area contributed by atoms with Crippen molar-refractivity contribution in [2.75, 3.05) is 11.4 Å². The zero-order valence-corrected chi connectivity index (χ0v) is 12.3. The minimum atomic E-state index is -4.55. The average molecular weight is 336 g/mol. The first-order valence-corrected chi connectivity index (χ1v) is 6.94. The fourth-order valence-electron chi connectivity index (χ4n) is 1.53. The molecule has 0 unspecified atom stereocenters. The Morgan fingerprint density at radius 2 is 2.19 bits per heavy atom. The van der Waals surface area contributed by atoms with Gasteiger partial charge in [0.15, 0.2) is 5.13 Å². The number of thiazole rings is 1. The van der Waals surface area contributed by atoms with Gasteiger partial charge in [-0.05, 0) is 19.1 Å². The van der Waals surface area contributed by atoms with Crippen LogP contribution >= 0.6 is 22.9 Å². The molecule has 0 atom stereocenters. The number of aryl methyl sites for hydroxylation is 1. The third kappa shape index (κ3) is 4.15. The maximum absolute atomic E-state index is 12.7. The SMILES string of the molecule is Cc1csc(N(CC(F)(F)F)C(=O)c2cc(Cl)ccn2)n1. The van der Waals surface area contributed by atoms with Crippen LogP contribution in [-0.2, 0) is 0 Å². The van der Waals surface area contributed by atoms with Gasteiger partial charge in [-0.25, -0.2) is 4.98 Å². The van der Waals surface area contributed by atoms with Gasteiger partial charge >= 0.3 is 6.18 Å². The van der Waals surface area contributed by atoms with E-state index in [2.05, 4.69) is 9.97 Å². The Morgan fingerprint density at radius 1 is 1.48 bits per heavy atom. The quantitative estimate of drug-likeness (QED) is 0.859. The highest BCUT2D eigenvalue weighted by atomic mass is 35.5. The van der Waals surface area contributed by atoms with Gasteiger partial charge in [-0.2, -0.15) is 13.2 Å². The maximum atomic E-state index is 12.7. The van der Waals surface area contributed by atoms with Crippen molar-refractivity contribution in [3.05, 3.63) is 40.1 Å². The number of aromatic nitrogens is 2. The Kier molecular flexibility index (Phi) is 4.48. The Bertz CT molecular complexity index is 659. The molecule has 9 heteroatoms. The van der Waals surface area contributed by atoms with Crippen molar-refractivity contribution in [1.29, 1.82) is 0 Å². The number of rotatable bonds is 3. The van der Waals surface area contributed by atoms with Crippen LogP contribution in [0.15, 0.2) is 23.7 Å². The van der Waals surface area contributed by atoms with Crippen molar-refractivity contribution < 1.29 is 18.0 Å².